The van der Waals surface area contributed by atoms with Gasteiger partial charge in [0.1, 0.15) is 0 Å². The summed E-state index contributed by atoms with van der Waals surface area (Å²) in [6, 6.07) is 5.97. The molecule has 2 rings (SSSR count). The van der Waals surface area contributed by atoms with Crippen LogP contribution in [0, 0.1) is 0 Å². The Labute approximate surface area is 91.3 Å². The maximum absolute atomic E-state index is 9.63. The fourth-order valence-electron chi connectivity index (χ4n) is 1.76. The highest BCUT2D eigenvalue weighted by Crippen LogP contribution is 2.31. The normalized spacial score (nSPS) is 13.4. The predicted octanol–water partition coefficient (Wildman–Crippen LogP) is 2.99. The van der Waals surface area contributed by atoms with E-state index in [1.54, 1.807) is 6.92 Å². The molecule has 1 aromatic heterocycles. The van der Waals surface area contributed by atoms with Gasteiger partial charge in [0.25, 0.3) is 0 Å². The number of halogens is 1. The topological polar surface area (TPSA) is 25.2 Å². The fourth-order valence-corrected chi connectivity index (χ4v) is 2.50. The molecule has 0 aliphatic heterocycles. The van der Waals surface area contributed by atoms with Crippen LogP contribution >= 0.6 is 15.9 Å². The molecule has 3 heteroatoms. The Kier molecular flexibility index (Phi) is 2.37. The van der Waals surface area contributed by atoms with Gasteiger partial charge in [-0.1, -0.05) is 12.1 Å². The van der Waals surface area contributed by atoms with Crippen LogP contribution in [0.2, 0.25) is 0 Å². The fraction of sp³-hybridized carbons (Fsp3) is 0.273. The Morgan fingerprint density at radius 3 is 2.79 bits per heavy atom. The van der Waals surface area contributed by atoms with Gasteiger partial charge in [-0.25, -0.2) is 0 Å². The van der Waals surface area contributed by atoms with E-state index >= 15 is 0 Å². The zero-order chi connectivity index (χ0) is 10.3. The summed E-state index contributed by atoms with van der Waals surface area (Å²) in [6.45, 7) is 1.79. The Morgan fingerprint density at radius 2 is 2.14 bits per heavy atom. The standard InChI is InChI=1S/C11H12BrNO/c1-7(14)8-4-3-5-10-11(8)9(12)6-13(10)2/h3-7,14H,1-2H3. The van der Waals surface area contributed by atoms with E-state index in [-0.39, 0.29) is 0 Å². The number of benzene rings is 1. The summed E-state index contributed by atoms with van der Waals surface area (Å²) < 4.78 is 3.08. The largest absolute Gasteiger partial charge is 0.389 e. The number of fused-ring (bicyclic) bond motifs is 1. The van der Waals surface area contributed by atoms with E-state index < -0.39 is 6.10 Å². The quantitative estimate of drug-likeness (QED) is 0.831. The lowest BCUT2D eigenvalue weighted by atomic mass is 10.1. The van der Waals surface area contributed by atoms with Crippen molar-refractivity contribution in [2.75, 3.05) is 0 Å². The molecule has 2 aromatic rings. The van der Waals surface area contributed by atoms with Crippen LogP contribution < -0.4 is 0 Å². The van der Waals surface area contributed by atoms with Crippen molar-refractivity contribution in [1.82, 2.24) is 4.57 Å². The molecule has 1 atom stereocenters. The van der Waals surface area contributed by atoms with Crippen LogP contribution in [0.3, 0.4) is 0 Å². The van der Waals surface area contributed by atoms with Crippen LogP contribution in [0.15, 0.2) is 28.9 Å². The van der Waals surface area contributed by atoms with Crippen LogP contribution in [-0.2, 0) is 7.05 Å². The molecule has 1 heterocycles. The van der Waals surface area contributed by atoms with Crippen LogP contribution in [0.4, 0.5) is 0 Å². The molecule has 0 bridgehead atoms. The number of hydrogen-bond acceptors (Lipinski definition) is 1. The lowest BCUT2D eigenvalue weighted by Gasteiger charge is -2.07. The summed E-state index contributed by atoms with van der Waals surface area (Å²) >= 11 is 3.50. The van der Waals surface area contributed by atoms with E-state index in [2.05, 4.69) is 15.9 Å². The second kappa shape index (κ2) is 3.41. The molecule has 74 valence electrons. The highest BCUT2D eigenvalue weighted by Gasteiger charge is 2.11. The van der Waals surface area contributed by atoms with Gasteiger partial charge >= 0.3 is 0 Å². The van der Waals surface area contributed by atoms with E-state index in [1.807, 2.05) is 36.0 Å². The summed E-state index contributed by atoms with van der Waals surface area (Å²) in [7, 11) is 2.00. The van der Waals surface area contributed by atoms with Crippen molar-refractivity contribution in [3.63, 3.8) is 0 Å². The second-order valence-electron chi connectivity index (χ2n) is 3.51. The predicted molar refractivity (Wildman–Crippen MR) is 61.3 cm³/mol. The molecule has 1 unspecified atom stereocenters. The van der Waals surface area contributed by atoms with Gasteiger partial charge in [0.05, 0.1) is 6.10 Å². The van der Waals surface area contributed by atoms with E-state index in [9.17, 15) is 5.11 Å². The van der Waals surface area contributed by atoms with Crippen molar-refractivity contribution in [1.29, 1.82) is 0 Å². The van der Waals surface area contributed by atoms with E-state index in [4.69, 9.17) is 0 Å². The van der Waals surface area contributed by atoms with E-state index in [1.165, 1.54) is 0 Å². The number of rotatable bonds is 1. The number of nitrogens with zero attached hydrogens (tertiary/aromatic N) is 1. The highest BCUT2D eigenvalue weighted by atomic mass is 79.9. The first kappa shape index (κ1) is 9.74. The van der Waals surface area contributed by atoms with Gasteiger partial charge in [0.2, 0.25) is 0 Å². The van der Waals surface area contributed by atoms with Gasteiger partial charge in [-0.2, -0.15) is 0 Å². The third kappa shape index (κ3) is 1.37. The zero-order valence-electron chi connectivity index (χ0n) is 8.16. The van der Waals surface area contributed by atoms with Gasteiger partial charge in [-0.15, -0.1) is 0 Å². The number of aryl methyl sites for hydroxylation is 1. The summed E-state index contributed by atoms with van der Waals surface area (Å²) in [6.07, 6.45) is 1.58. The molecule has 0 aliphatic rings. The van der Waals surface area contributed by atoms with Crippen molar-refractivity contribution in [2.24, 2.45) is 7.05 Å². The first-order valence-electron chi connectivity index (χ1n) is 4.52. The minimum atomic E-state index is -0.433. The molecule has 0 aliphatic carbocycles. The van der Waals surface area contributed by atoms with Gasteiger partial charge in [0, 0.05) is 28.6 Å². The third-order valence-electron chi connectivity index (χ3n) is 2.45. The highest BCUT2D eigenvalue weighted by molar-refractivity contribution is 9.10. The van der Waals surface area contributed by atoms with Gasteiger partial charge in [-0.3, -0.25) is 0 Å². The summed E-state index contributed by atoms with van der Waals surface area (Å²) in [5.41, 5.74) is 2.10. The smallest absolute Gasteiger partial charge is 0.0768 e. The summed E-state index contributed by atoms with van der Waals surface area (Å²) in [5, 5.41) is 10.7. The molecule has 0 saturated heterocycles. The van der Waals surface area contributed by atoms with Gasteiger partial charge in [-0.05, 0) is 34.5 Å². The first-order valence-corrected chi connectivity index (χ1v) is 5.32. The third-order valence-corrected chi connectivity index (χ3v) is 3.05. The Bertz CT molecular complexity index is 473. The van der Waals surface area contributed by atoms with Gasteiger partial charge in [0.15, 0.2) is 0 Å². The Hall–Kier alpha value is -0.800. The monoisotopic (exact) mass is 253 g/mol. The molecule has 2 nitrogen and oxygen atoms in total. The Morgan fingerprint density at radius 1 is 1.43 bits per heavy atom. The summed E-state index contributed by atoms with van der Waals surface area (Å²) in [5.74, 6) is 0. The molecule has 1 aromatic carbocycles. The lowest BCUT2D eigenvalue weighted by molar-refractivity contribution is 0.201. The number of aliphatic hydroxyl groups is 1. The molecule has 0 radical (unpaired) electrons. The molecule has 0 saturated carbocycles. The van der Waals surface area contributed by atoms with Crippen LogP contribution in [0.5, 0.6) is 0 Å². The molecular formula is C11H12BrNO. The van der Waals surface area contributed by atoms with Crippen molar-refractivity contribution in [3.8, 4) is 0 Å². The zero-order valence-corrected chi connectivity index (χ0v) is 9.75. The maximum Gasteiger partial charge on any atom is 0.0768 e. The molecule has 0 amide bonds. The lowest BCUT2D eigenvalue weighted by Crippen LogP contribution is -1.92. The molecular weight excluding hydrogens is 242 g/mol. The average molecular weight is 254 g/mol. The molecule has 14 heavy (non-hydrogen) atoms. The average Bonchev–Trinajstić information content (AvgIpc) is 2.43. The SMILES string of the molecule is CC(O)c1cccc2c1c(Br)cn2C. The number of aromatic nitrogens is 1. The van der Waals surface area contributed by atoms with Crippen molar-refractivity contribution >= 4 is 26.8 Å². The van der Waals surface area contributed by atoms with Crippen LogP contribution in [0.25, 0.3) is 10.9 Å². The van der Waals surface area contributed by atoms with Crippen LogP contribution in [-0.4, -0.2) is 9.67 Å². The van der Waals surface area contributed by atoms with E-state index in [0.717, 1.165) is 20.9 Å². The van der Waals surface area contributed by atoms with Crippen LogP contribution in [0.1, 0.15) is 18.6 Å². The van der Waals surface area contributed by atoms with E-state index in [0.29, 0.717) is 0 Å². The summed E-state index contributed by atoms with van der Waals surface area (Å²) in [4.78, 5) is 0. The van der Waals surface area contributed by atoms with Crippen molar-refractivity contribution in [3.05, 3.63) is 34.4 Å². The molecule has 1 N–H and O–H groups in total. The maximum atomic E-state index is 9.63. The Balaban J connectivity index is 2.85. The van der Waals surface area contributed by atoms with Gasteiger partial charge < -0.3 is 9.67 Å². The van der Waals surface area contributed by atoms with Crippen molar-refractivity contribution in [2.45, 2.75) is 13.0 Å². The number of hydrogen-bond donors (Lipinski definition) is 1. The molecule has 0 spiro atoms. The molecule has 0 fully saturated rings. The minimum Gasteiger partial charge on any atom is -0.389 e. The van der Waals surface area contributed by atoms with Crippen molar-refractivity contribution < 1.29 is 5.11 Å². The minimum absolute atomic E-state index is 0.433. The second-order valence-corrected chi connectivity index (χ2v) is 4.36. The first-order chi connectivity index (χ1) is 6.61. The number of aliphatic hydroxyl groups excluding tert-OH is 1.